The van der Waals surface area contributed by atoms with Crippen LogP contribution in [0.4, 0.5) is 0 Å². The number of carboxylic acid groups (broad SMARTS) is 1. The molecule has 94 valence electrons. The van der Waals surface area contributed by atoms with Crippen LogP contribution in [0, 0.1) is 0 Å². The van der Waals surface area contributed by atoms with E-state index in [2.05, 4.69) is 4.98 Å². The van der Waals surface area contributed by atoms with E-state index < -0.39 is 5.97 Å². The lowest BCUT2D eigenvalue weighted by atomic mass is 10.1. The van der Waals surface area contributed by atoms with Gasteiger partial charge in [0.1, 0.15) is 12.4 Å². The Morgan fingerprint density at radius 3 is 2.67 bits per heavy atom. The Balaban J connectivity index is 2.62. The molecule has 1 aromatic heterocycles. The Hall–Kier alpha value is -2.17. The molecular weight excluding hydrogens is 232 g/mol. The smallest absolute Gasteiger partial charge is 0.323 e. The lowest BCUT2D eigenvalue weighted by Crippen LogP contribution is -2.11. The van der Waals surface area contributed by atoms with Gasteiger partial charge in [0.2, 0.25) is 0 Å². The molecule has 0 saturated carbocycles. The quantitative estimate of drug-likeness (QED) is 0.836. The molecule has 2 rings (SSSR count). The summed E-state index contributed by atoms with van der Waals surface area (Å²) in [6.07, 6.45) is 0.650. The largest absolute Gasteiger partial charge is 0.480 e. The first-order chi connectivity index (χ1) is 8.52. The summed E-state index contributed by atoms with van der Waals surface area (Å²) in [6, 6.07) is 5.15. The average molecular weight is 246 g/mol. The number of aryl methyl sites for hydroxylation is 1. The topological polar surface area (TPSA) is 72.2 Å². The second-order valence-electron chi connectivity index (χ2n) is 4.12. The number of aliphatic carboxylic acids is 1. The predicted molar refractivity (Wildman–Crippen MR) is 66.8 cm³/mol. The van der Waals surface area contributed by atoms with Crippen molar-refractivity contribution in [2.75, 3.05) is 0 Å². The number of aromatic nitrogens is 2. The fraction of sp³-hybridized carbons (Fsp3) is 0.308. The third-order valence-electron chi connectivity index (χ3n) is 2.84. The van der Waals surface area contributed by atoms with E-state index >= 15 is 0 Å². The number of rotatable bonds is 4. The Labute approximate surface area is 104 Å². The first-order valence-electron chi connectivity index (χ1n) is 5.74. The second kappa shape index (κ2) is 4.60. The zero-order valence-electron chi connectivity index (χ0n) is 10.3. The molecule has 0 radical (unpaired) electrons. The highest BCUT2D eigenvalue weighted by atomic mass is 16.4. The molecule has 5 heteroatoms. The number of fused-ring (bicyclic) bond motifs is 1. The molecule has 1 aromatic carbocycles. The minimum absolute atomic E-state index is 0.0252. The van der Waals surface area contributed by atoms with Gasteiger partial charge in [-0.3, -0.25) is 9.59 Å². The van der Waals surface area contributed by atoms with E-state index in [1.165, 1.54) is 6.92 Å². The van der Waals surface area contributed by atoms with Crippen molar-refractivity contribution in [2.24, 2.45) is 0 Å². The van der Waals surface area contributed by atoms with Crippen LogP contribution in [0.25, 0.3) is 11.0 Å². The van der Waals surface area contributed by atoms with Crippen molar-refractivity contribution in [1.29, 1.82) is 0 Å². The summed E-state index contributed by atoms with van der Waals surface area (Å²) in [5, 5.41) is 8.90. The summed E-state index contributed by atoms with van der Waals surface area (Å²) in [4.78, 5) is 26.5. The van der Waals surface area contributed by atoms with Crippen LogP contribution in [0.5, 0.6) is 0 Å². The fourth-order valence-electron chi connectivity index (χ4n) is 1.98. The zero-order chi connectivity index (χ0) is 13.3. The Kier molecular flexibility index (Phi) is 3.14. The van der Waals surface area contributed by atoms with Crippen molar-refractivity contribution < 1.29 is 14.7 Å². The van der Waals surface area contributed by atoms with Gasteiger partial charge in [0.05, 0.1) is 11.0 Å². The van der Waals surface area contributed by atoms with Gasteiger partial charge in [0.25, 0.3) is 0 Å². The third kappa shape index (κ3) is 2.11. The van der Waals surface area contributed by atoms with Crippen LogP contribution in [0.15, 0.2) is 18.2 Å². The van der Waals surface area contributed by atoms with Crippen LogP contribution in [0.3, 0.4) is 0 Å². The Morgan fingerprint density at radius 2 is 2.11 bits per heavy atom. The number of imidazole rings is 1. The van der Waals surface area contributed by atoms with Crippen molar-refractivity contribution in [3.8, 4) is 0 Å². The number of carbonyl (C=O) groups excluding carboxylic acids is 1. The first-order valence-corrected chi connectivity index (χ1v) is 5.74. The van der Waals surface area contributed by atoms with Crippen LogP contribution in [0.1, 0.15) is 30.0 Å². The molecule has 0 unspecified atom stereocenters. The maximum absolute atomic E-state index is 11.3. The van der Waals surface area contributed by atoms with E-state index in [0.717, 1.165) is 5.52 Å². The molecule has 0 spiro atoms. The molecule has 5 nitrogen and oxygen atoms in total. The maximum atomic E-state index is 11.3. The summed E-state index contributed by atoms with van der Waals surface area (Å²) in [5.41, 5.74) is 2.00. The molecule has 0 aliphatic rings. The minimum Gasteiger partial charge on any atom is -0.480 e. The number of Topliss-reactive ketones (excluding diaryl/α,β-unsaturated/α-hetero) is 1. The SMILES string of the molecule is CCc1nc2cc(C(C)=O)ccc2n1CC(=O)O. The number of carboxylic acids is 1. The molecule has 0 saturated heterocycles. The average Bonchev–Trinajstić information content (AvgIpc) is 2.65. The van der Waals surface area contributed by atoms with Crippen LogP contribution >= 0.6 is 0 Å². The molecular formula is C13H14N2O3. The molecule has 1 N–H and O–H groups in total. The maximum Gasteiger partial charge on any atom is 0.323 e. The van der Waals surface area contributed by atoms with Crippen molar-refractivity contribution in [2.45, 2.75) is 26.8 Å². The summed E-state index contributed by atoms with van der Waals surface area (Å²) in [5.74, 6) is -0.213. The molecule has 0 aliphatic carbocycles. The number of benzene rings is 1. The van der Waals surface area contributed by atoms with Gasteiger partial charge in [-0.05, 0) is 25.1 Å². The van der Waals surface area contributed by atoms with E-state index in [-0.39, 0.29) is 12.3 Å². The van der Waals surface area contributed by atoms with Crippen LogP contribution < -0.4 is 0 Å². The Bertz CT molecular complexity index is 628. The summed E-state index contributed by atoms with van der Waals surface area (Å²) >= 11 is 0. The summed E-state index contributed by atoms with van der Waals surface area (Å²) in [6.45, 7) is 3.31. The van der Waals surface area contributed by atoms with E-state index in [1.54, 1.807) is 22.8 Å². The van der Waals surface area contributed by atoms with Crippen molar-refractivity contribution in [3.05, 3.63) is 29.6 Å². The molecule has 2 aromatic rings. The van der Waals surface area contributed by atoms with Gasteiger partial charge in [0, 0.05) is 12.0 Å². The highest BCUT2D eigenvalue weighted by Crippen LogP contribution is 2.18. The normalized spacial score (nSPS) is 10.8. The zero-order valence-corrected chi connectivity index (χ0v) is 10.3. The number of hydrogen-bond acceptors (Lipinski definition) is 3. The highest BCUT2D eigenvalue weighted by Gasteiger charge is 2.13. The molecule has 0 aliphatic heterocycles. The van der Waals surface area contributed by atoms with Gasteiger partial charge in [-0.15, -0.1) is 0 Å². The molecule has 0 amide bonds. The van der Waals surface area contributed by atoms with E-state index in [0.29, 0.717) is 23.3 Å². The number of nitrogens with zero attached hydrogens (tertiary/aromatic N) is 2. The van der Waals surface area contributed by atoms with Crippen molar-refractivity contribution in [3.63, 3.8) is 0 Å². The molecule has 0 fully saturated rings. The van der Waals surface area contributed by atoms with Gasteiger partial charge in [-0.1, -0.05) is 6.92 Å². The molecule has 1 heterocycles. The number of ketones is 1. The van der Waals surface area contributed by atoms with E-state index in [1.807, 2.05) is 6.92 Å². The van der Waals surface area contributed by atoms with Gasteiger partial charge in [0.15, 0.2) is 5.78 Å². The molecule has 18 heavy (non-hydrogen) atoms. The fourth-order valence-corrected chi connectivity index (χ4v) is 1.98. The van der Waals surface area contributed by atoms with Crippen molar-refractivity contribution in [1.82, 2.24) is 9.55 Å². The highest BCUT2D eigenvalue weighted by molar-refractivity contribution is 5.97. The predicted octanol–water partition coefficient (Wildman–Crippen LogP) is 1.89. The van der Waals surface area contributed by atoms with Crippen LogP contribution in [-0.4, -0.2) is 26.4 Å². The van der Waals surface area contributed by atoms with Crippen LogP contribution in [0.2, 0.25) is 0 Å². The summed E-state index contributed by atoms with van der Waals surface area (Å²) < 4.78 is 1.67. The molecule has 0 bridgehead atoms. The third-order valence-corrected chi connectivity index (χ3v) is 2.84. The van der Waals surface area contributed by atoms with Gasteiger partial charge >= 0.3 is 5.97 Å². The Morgan fingerprint density at radius 1 is 1.39 bits per heavy atom. The lowest BCUT2D eigenvalue weighted by molar-refractivity contribution is -0.137. The van der Waals surface area contributed by atoms with Crippen molar-refractivity contribution >= 4 is 22.8 Å². The van der Waals surface area contributed by atoms with E-state index in [9.17, 15) is 9.59 Å². The van der Waals surface area contributed by atoms with Gasteiger partial charge in [-0.25, -0.2) is 4.98 Å². The first kappa shape index (κ1) is 12.3. The monoisotopic (exact) mass is 246 g/mol. The standard InChI is InChI=1S/C13H14N2O3/c1-3-12-14-10-6-9(8(2)16)4-5-11(10)15(12)7-13(17)18/h4-6H,3,7H2,1-2H3,(H,17,18). The van der Waals surface area contributed by atoms with Crippen LogP contribution in [-0.2, 0) is 17.8 Å². The number of carbonyl (C=O) groups is 2. The summed E-state index contributed by atoms with van der Waals surface area (Å²) in [7, 11) is 0. The van der Waals surface area contributed by atoms with Gasteiger partial charge in [-0.2, -0.15) is 0 Å². The lowest BCUT2D eigenvalue weighted by Gasteiger charge is -2.04. The number of hydrogen-bond donors (Lipinski definition) is 1. The molecule has 0 atom stereocenters. The van der Waals surface area contributed by atoms with Gasteiger partial charge < -0.3 is 9.67 Å². The second-order valence-corrected chi connectivity index (χ2v) is 4.12. The van der Waals surface area contributed by atoms with E-state index in [4.69, 9.17) is 5.11 Å². The minimum atomic E-state index is -0.903.